The van der Waals surface area contributed by atoms with Crippen LogP contribution in [0.3, 0.4) is 0 Å². The van der Waals surface area contributed by atoms with Crippen LogP contribution in [0.4, 0.5) is 5.00 Å². The predicted molar refractivity (Wildman–Crippen MR) is 91.4 cm³/mol. The lowest BCUT2D eigenvalue weighted by molar-refractivity contribution is -0.115. The van der Waals surface area contributed by atoms with E-state index in [9.17, 15) is 9.59 Å². The number of carbonyl (C=O) groups excluding carboxylic acids is 2. The summed E-state index contributed by atoms with van der Waals surface area (Å²) < 4.78 is 5.42. The predicted octanol–water partition coefficient (Wildman–Crippen LogP) is 4.25. The van der Waals surface area contributed by atoms with Crippen LogP contribution in [0.1, 0.15) is 40.2 Å². The molecule has 0 atom stereocenters. The molecule has 1 N–H and O–H groups in total. The van der Waals surface area contributed by atoms with Crippen LogP contribution in [0.5, 0.6) is 0 Å². The van der Waals surface area contributed by atoms with Gasteiger partial charge >= 0.3 is 5.97 Å². The van der Waals surface area contributed by atoms with Crippen molar-refractivity contribution >= 4 is 39.8 Å². The quantitative estimate of drug-likeness (QED) is 0.821. The highest BCUT2D eigenvalue weighted by molar-refractivity contribution is 7.20. The van der Waals surface area contributed by atoms with Crippen molar-refractivity contribution in [2.45, 2.75) is 25.2 Å². The molecule has 1 heterocycles. The molecule has 0 unspecified atom stereocenters. The van der Waals surface area contributed by atoms with E-state index < -0.39 is 5.97 Å². The van der Waals surface area contributed by atoms with Crippen molar-refractivity contribution < 1.29 is 14.3 Å². The highest BCUT2D eigenvalue weighted by Gasteiger charge is 2.35. The molecule has 1 amide bonds. The van der Waals surface area contributed by atoms with Crippen molar-refractivity contribution in [3.05, 3.63) is 51.4 Å². The molecule has 0 saturated heterocycles. The first-order chi connectivity index (χ1) is 11.1. The maximum atomic E-state index is 12.3. The molecule has 1 aromatic carbocycles. The number of thiophene rings is 1. The number of amides is 1. The number of anilines is 1. The third-order valence-corrected chi connectivity index (χ3v) is 5.08. The van der Waals surface area contributed by atoms with Crippen LogP contribution in [-0.4, -0.2) is 19.0 Å². The van der Waals surface area contributed by atoms with Gasteiger partial charge in [-0.25, -0.2) is 4.79 Å². The Labute approximate surface area is 143 Å². The number of methoxy groups -OCH3 is 1. The first-order valence-corrected chi connectivity index (χ1v) is 8.54. The van der Waals surface area contributed by atoms with Gasteiger partial charge in [-0.05, 0) is 24.3 Å². The molecule has 0 bridgehead atoms. The third kappa shape index (κ3) is 3.57. The van der Waals surface area contributed by atoms with Gasteiger partial charge in [-0.15, -0.1) is 11.3 Å². The normalized spacial score (nSPS) is 13.7. The second-order valence-corrected chi connectivity index (χ2v) is 7.09. The number of esters is 1. The van der Waals surface area contributed by atoms with Crippen LogP contribution in [0.25, 0.3) is 0 Å². The lowest BCUT2D eigenvalue weighted by atomic mass is 10.1. The van der Waals surface area contributed by atoms with Crippen LogP contribution in [0.15, 0.2) is 30.3 Å². The molecule has 2 aromatic rings. The minimum Gasteiger partial charge on any atom is -0.465 e. The summed E-state index contributed by atoms with van der Waals surface area (Å²) in [6.45, 7) is 0. The van der Waals surface area contributed by atoms with Gasteiger partial charge in [0.2, 0.25) is 5.91 Å². The first-order valence-electron chi connectivity index (χ1n) is 7.34. The fraction of sp³-hybridized carbons (Fsp3) is 0.294. The van der Waals surface area contributed by atoms with E-state index in [1.54, 1.807) is 0 Å². The molecule has 120 valence electrons. The zero-order chi connectivity index (χ0) is 16.4. The van der Waals surface area contributed by atoms with Gasteiger partial charge in [0.05, 0.1) is 23.4 Å². The number of hydrogen-bond donors (Lipinski definition) is 1. The minimum absolute atomic E-state index is 0.179. The number of carbonyl (C=O) groups is 2. The van der Waals surface area contributed by atoms with E-state index in [-0.39, 0.29) is 12.3 Å². The fourth-order valence-electron chi connectivity index (χ4n) is 2.50. The summed E-state index contributed by atoms with van der Waals surface area (Å²) in [6, 6.07) is 9.44. The van der Waals surface area contributed by atoms with E-state index in [4.69, 9.17) is 16.3 Å². The van der Waals surface area contributed by atoms with Gasteiger partial charge in [0.25, 0.3) is 0 Å². The number of halogens is 1. The molecule has 1 aliphatic rings. The molecule has 0 aliphatic heterocycles. The molecular weight excluding hydrogens is 334 g/mol. The van der Waals surface area contributed by atoms with E-state index in [1.807, 2.05) is 30.3 Å². The second kappa shape index (κ2) is 6.72. The molecular formula is C17H16ClNO3S. The third-order valence-electron chi connectivity index (χ3n) is 3.74. The van der Waals surface area contributed by atoms with Crippen LogP contribution in [0.2, 0.25) is 4.34 Å². The SMILES string of the molecule is COC(=O)c1c(NC(=O)Cc2ccccc2)sc(Cl)c1C1CC1. The second-order valence-electron chi connectivity index (χ2n) is 5.47. The lowest BCUT2D eigenvalue weighted by Gasteiger charge is -2.07. The summed E-state index contributed by atoms with van der Waals surface area (Å²) in [4.78, 5) is 24.4. The van der Waals surface area contributed by atoms with Crippen molar-refractivity contribution in [2.75, 3.05) is 12.4 Å². The monoisotopic (exact) mass is 349 g/mol. The fourth-order valence-corrected chi connectivity index (χ4v) is 4.00. The van der Waals surface area contributed by atoms with Crippen molar-refractivity contribution in [1.29, 1.82) is 0 Å². The van der Waals surface area contributed by atoms with Crippen LogP contribution in [-0.2, 0) is 16.0 Å². The van der Waals surface area contributed by atoms with Gasteiger partial charge in [0.1, 0.15) is 5.00 Å². The Kier molecular flexibility index (Phi) is 4.68. The number of benzene rings is 1. The zero-order valence-corrected chi connectivity index (χ0v) is 14.2. The summed E-state index contributed by atoms with van der Waals surface area (Å²) in [7, 11) is 1.33. The van der Waals surface area contributed by atoms with Gasteiger partial charge in [-0.3, -0.25) is 4.79 Å². The van der Waals surface area contributed by atoms with E-state index in [0.717, 1.165) is 24.0 Å². The Morgan fingerprint density at radius 3 is 2.61 bits per heavy atom. The Balaban J connectivity index is 1.83. The standard InChI is InChI=1S/C17H16ClNO3S/c1-22-17(21)14-13(11-7-8-11)15(18)23-16(14)19-12(20)9-10-5-3-2-4-6-10/h2-6,11H,7-9H2,1H3,(H,19,20). The molecule has 0 radical (unpaired) electrons. The molecule has 1 saturated carbocycles. The Hall–Kier alpha value is -1.85. The Morgan fingerprint density at radius 1 is 1.30 bits per heavy atom. The van der Waals surface area contributed by atoms with Crippen molar-refractivity contribution in [3.63, 3.8) is 0 Å². The summed E-state index contributed by atoms with van der Waals surface area (Å²) >= 11 is 7.51. The summed E-state index contributed by atoms with van der Waals surface area (Å²) in [5.41, 5.74) is 2.14. The van der Waals surface area contributed by atoms with Gasteiger partial charge in [-0.2, -0.15) is 0 Å². The Morgan fingerprint density at radius 2 is 2.00 bits per heavy atom. The van der Waals surface area contributed by atoms with E-state index in [0.29, 0.717) is 20.8 Å². The number of nitrogens with one attached hydrogen (secondary N) is 1. The smallest absolute Gasteiger partial charge is 0.341 e. The molecule has 4 nitrogen and oxygen atoms in total. The van der Waals surface area contributed by atoms with E-state index in [2.05, 4.69) is 5.32 Å². The molecule has 23 heavy (non-hydrogen) atoms. The molecule has 1 fully saturated rings. The molecule has 0 spiro atoms. The largest absolute Gasteiger partial charge is 0.465 e. The number of hydrogen-bond acceptors (Lipinski definition) is 4. The summed E-state index contributed by atoms with van der Waals surface area (Å²) in [5, 5.41) is 3.29. The number of ether oxygens (including phenoxy) is 1. The lowest BCUT2D eigenvalue weighted by Crippen LogP contribution is -2.16. The van der Waals surface area contributed by atoms with E-state index in [1.165, 1.54) is 18.4 Å². The molecule has 6 heteroatoms. The zero-order valence-electron chi connectivity index (χ0n) is 12.6. The molecule has 1 aromatic heterocycles. The van der Waals surface area contributed by atoms with Gasteiger partial charge < -0.3 is 10.1 Å². The van der Waals surface area contributed by atoms with Crippen LogP contribution < -0.4 is 5.32 Å². The van der Waals surface area contributed by atoms with Crippen molar-refractivity contribution in [2.24, 2.45) is 0 Å². The summed E-state index contributed by atoms with van der Waals surface area (Å²) in [5.74, 6) is -0.334. The first kappa shape index (κ1) is 16.0. The van der Waals surface area contributed by atoms with Crippen molar-refractivity contribution in [3.8, 4) is 0 Å². The van der Waals surface area contributed by atoms with Crippen LogP contribution >= 0.6 is 22.9 Å². The molecule has 1 aliphatic carbocycles. The topological polar surface area (TPSA) is 55.4 Å². The van der Waals surface area contributed by atoms with Crippen molar-refractivity contribution in [1.82, 2.24) is 0 Å². The minimum atomic E-state index is -0.454. The highest BCUT2D eigenvalue weighted by atomic mass is 35.5. The Bertz CT molecular complexity index is 738. The number of rotatable bonds is 5. The van der Waals surface area contributed by atoms with Crippen LogP contribution in [0, 0.1) is 0 Å². The maximum Gasteiger partial charge on any atom is 0.341 e. The highest BCUT2D eigenvalue weighted by Crippen LogP contribution is 2.50. The maximum absolute atomic E-state index is 12.3. The van der Waals surface area contributed by atoms with Gasteiger partial charge in [0, 0.05) is 5.56 Å². The van der Waals surface area contributed by atoms with Gasteiger partial charge in [0.15, 0.2) is 0 Å². The average molecular weight is 350 g/mol. The van der Waals surface area contributed by atoms with Gasteiger partial charge in [-0.1, -0.05) is 41.9 Å². The average Bonchev–Trinajstić information content (AvgIpc) is 3.32. The van der Waals surface area contributed by atoms with E-state index >= 15 is 0 Å². The summed E-state index contributed by atoms with van der Waals surface area (Å²) in [6.07, 6.45) is 2.27. The molecule has 3 rings (SSSR count).